The van der Waals surface area contributed by atoms with Gasteiger partial charge in [0.1, 0.15) is 12.4 Å². The summed E-state index contributed by atoms with van der Waals surface area (Å²) in [6.07, 6.45) is 3.43. The zero-order chi connectivity index (χ0) is 14.8. The third-order valence-corrected chi connectivity index (χ3v) is 3.37. The van der Waals surface area contributed by atoms with Gasteiger partial charge < -0.3 is 15.4 Å². The number of thiophene rings is 1. The smallest absolute Gasteiger partial charge is 0.191 e. The fourth-order valence-corrected chi connectivity index (χ4v) is 2.33. The highest BCUT2D eigenvalue weighted by Crippen LogP contribution is 2.07. The van der Waals surface area contributed by atoms with Gasteiger partial charge in [0, 0.05) is 12.7 Å². The van der Waals surface area contributed by atoms with Crippen LogP contribution in [0.25, 0.3) is 0 Å². The highest BCUT2D eigenvalue weighted by Gasteiger charge is 1.98. The first kappa shape index (κ1) is 15.3. The highest BCUT2D eigenvalue weighted by molar-refractivity contribution is 7.07. The van der Waals surface area contributed by atoms with E-state index in [9.17, 15) is 0 Å². The summed E-state index contributed by atoms with van der Waals surface area (Å²) in [6, 6.07) is 5.83. The molecule has 0 spiro atoms. The summed E-state index contributed by atoms with van der Waals surface area (Å²) in [5.74, 6) is 1.58. The van der Waals surface area contributed by atoms with E-state index in [2.05, 4.69) is 37.4 Å². The van der Waals surface area contributed by atoms with Crippen molar-refractivity contribution < 1.29 is 4.74 Å². The van der Waals surface area contributed by atoms with Crippen molar-refractivity contribution in [1.82, 2.24) is 15.6 Å². The number of nitrogens with zero attached hydrogens (tertiary/aromatic N) is 2. The van der Waals surface area contributed by atoms with Crippen LogP contribution in [0.2, 0.25) is 0 Å². The molecule has 21 heavy (non-hydrogen) atoms. The third kappa shape index (κ3) is 5.83. The predicted octanol–water partition coefficient (Wildman–Crippen LogP) is 2.28. The summed E-state index contributed by atoms with van der Waals surface area (Å²) in [4.78, 5) is 8.54. The lowest BCUT2D eigenvalue weighted by Crippen LogP contribution is -2.39. The standard InChI is InChI=1S/C15H20N4OS/c1-2-17-15(19-10-13-5-9-21-12-13)18-7-8-20-14-4-3-6-16-11-14/h3-6,9,11-12H,2,7-8,10H2,1H3,(H2,17,18,19). The van der Waals surface area contributed by atoms with Crippen LogP contribution >= 0.6 is 11.3 Å². The van der Waals surface area contributed by atoms with Gasteiger partial charge in [-0.15, -0.1) is 0 Å². The normalized spacial score (nSPS) is 11.2. The Bertz CT molecular complexity index is 528. The maximum absolute atomic E-state index is 5.58. The molecule has 0 aromatic carbocycles. The molecular formula is C15H20N4OS. The molecule has 2 rings (SSSR count). The van der Waals surface area contributed by atoms with E-state index in [1.807, 2.05) is 19.1 Å². The van der Waals surface area contributed by atoms with Gasteiger partial charge in [-0.25, -0.2) is 4.99 Å². The molecule has 0 unspecified atom stereocenters. The average Bonchev–Trinajstić information content (AvgIpc) is 3.03. The Balaban J connectivity index is 1.73. The van der Waals surface area contributed by atoms with Gasteiger partial charge in [0.2, 0.25) is 0 Å². The van der Waals surface area contributed by atoms with Gasteiger partial charge in [-0.3, -0.25) is 4.98 Å². The molecule has 5 nitrogen and oxygen atoms in total. The van der Waals surface area contributed by atoms with Gasteiger partial charge in [0.15, 0.2) is 5.96 Å². The van der Waals surface area contributed by atoms with Crippen molar-refractivity contribution in [1.29, 1.82) is 0 Å². The number of aromatic nitrogens is 1. The second kappa shape index (κ2) is 8.97. The average molecular weight is 304 g/mol. The minimum absolute atomic E-state index is 0.564. The second-order valence-electron chi connectivity index (χ2n) is 4.29. The first-order chi connectivity index (χ1) is 10.4. The Morgan fingerprint density at radius 3 is 3.05 bits per heavy atom. The molecule has 0 bridgehead atoms. The number of rotatable bonds is 7. The van der Waals surface area contributed by atoms with Crippen molar-refractivity contribution >= 4 is 17.3 Å². The molecule has 0 radical (unpaired) electrons. The van der Waals surface area contributed by atoms with Crippen molar-refractivity contribution in [3.63, 3.8) is 0 Å². The Hall–Kier alpha value is -2.08. The van der Waals surface area contributed by atoms with E-state index in [0.29, 0.717) is 19.7 Å². The van der Waals surface area contributed by atoms with Crippen LogP contribution in [0.4, 0.5) is 0 Å². The Morgan fingerprint density at radius 2 is 2.33 bits per heavy atom. The zero-order valence-corrected chi connectivity index (χ0v) is 12.9. The molecule has 0 atom stereocenters. The first-order valence-corrected chi connectivity index (χ1v) is 7.89. The molecule has 0 fully saturated rings. The summed E-state index contributed by atoms with van der Waals surface area (Å²) in [6.45, 7) is 4.81. The van der Waals surface area contributed by atoms with Gasteiger partial charge in [-0.05, 0) is 41.4 Å². The topological polar surface area (TPSA) is 58.5 Å². The number of hydrogen-bond donors (Lipinski definition) is 2. The van der Waals surface area contributed by atoms with E-state index in [0.717, 1.165) is 18.3 Å². The van der Waals surface area contributed by atoms with Crippen molar-refractivity contribution in [3.8, 4) is 5.75 Å². The van der Waals surface area contributed by atoms with E-state index in [1.165, 1.54) is 5.56 Å². The molecule has 0 aliphatic rings. The maximum atomic E-state index is 5.58. The van der Waals surface area contributed by atoms with Crippen molar-refractivity contribution in [2.45, 2.75) is 13.5 Å². The molecule has 0 aliphatic heterocycles. The predicted molar refractivity (Wildman–Crippen MR) is 86.9 cm³/mol. The summed E-state index contributed by atoms with van der Waals surface area (Å²) in [7, 11) is 0. The summed E-state index contributed by atoms with van der Waals surface area (Å²) < 4.78 is 5.58. The molecule has 0 amide bonds. The number of ether oxygens (including phenoxy) is 1. The number of nitrogens with one attached hydrogen (secondary N) is 2. The lowest BCUT2D eigenvalue weighted by molar-refractivity contribution is 0.320. The van der Waals surface area contributed by atoms with Gasteiger partial charge in [-0.1, -0.05) is 0 Å². The van der Waals surface area contributed by atoms with E-state index in [4.69, 9.17) is 4.74 Å². The van der Waals surface area contributed by atoms with E-state index in [1.54, 1.807) is 23.7 Å². The minimum atomic E-state index is 0.564. The Labute approximate surface area is 129 Å². The number of aliphatic imine (C=N–C) groups is 1. The quantitative estimate of drug-likeness (QED) is 0.468. The molecule has 0 aliphatic carbocycles. The molecule has 0 saturated carbocycles. The first-order valence-electron chi connectivity index (χ1n) is 6.94. The van der Waals surface area contributed by atoms with Crippen LogP contribution in [0.5, 0.6) is 5.75 Å². The molecule has 2 heterocycles. The van der Waals surface area contributed by atoms with Crippen LogP contribution in [0, 0.1) is 0 Å². The van der Waals surface area contributed by atoms with Crippen LogP contribution in [0.15, 0.2) is 46.3 Å². The zero-order valence-electron chi connectivity index (χ0n) is 12.1. The number of guanidine groups is 1. The third-order valence-electron chi connectivity index (χ3n) is 2.64. The molecule has 2 aromatic heterocycles. The number of hydrogen-bond acceptors (Lipinski definition) is 4. The lowest BCUT2D eigenvalue weighted by Gasteiger charge is -2.11. The Morgan fingerprint density at radius 1 is 1.38 bits per heavy atom. The summed E-state index contributed by atoms with van der Waals surface area (Å²) in [5, 5.41) is 10.6. The monoisotopic (exact) mass is 304 g/mol. The van der Waals surface area contributed by atoms with E-state index in [-0.39, 0.29) is 0 Å². The fraction of sp³-hybridized carbons (Fsp3) is 0.333. The van der Waals surface area contributed by atoms with Crippen LogP contribution in [-0.4, -0.2) is 30.6 Å². The van der Waals surface area contributed by atoms with Crippen LogP contribution in [0.1, 0.15) is 12.5 Å². The Kier molecular flexibility index (Phi) is 6.54. The van der Waals surface area contributed by atoms with Crippen LogP contribution in [0.3, 0.4) is 0 Å². The molecular weight excluding hydrogens is 284 g/mol. The number of pyridine rings is 1. The van der Waals surface area contributed by atoms with Crippen LogP contribution < -0.4 is 15.4 Å². The van der Waals surface area contributed by atoms with Gasteiger partial charge in [0.25, 0.3) is 0 Å². The van der Waals surface area contributed by atoms with Crippen molar-refractivity contribution in [2.75, 3.05) is 19.7 Å². The second-order valence-corrected chi connectivity index (χ2v) is 5.07. The van der Waals surface area contributed by atoms with Crippen molar-refractivity contribution in [3.05, 3.63) is 46.9 Å². The molecule has 0 saturated heterocycles. The minimum Gasteiger partial charge on any atom is -0.490 e. The fourth-order valence-electron chi connectivity index (χ4n) is 1.67. The highest BCUT2D eigenvalue weighted by atomic mass is 32.1. The summed E-state index contributed by atoms with van der Waals surface area (Å²) >= 11 is 1.69. The van der Waals surface area contributed by atoms with E-state index < -0.39 is 0 Å². The van der Waals surface area contributed by atoms with Gasteiger partial charge in [0.05, 0.1) is 19.3 Å². The largest absolute Gasteiger partial charge is 0.490 e. The van der Waals surface area contributed by atoms with Crippen molar-refractivity contribution in [2.24, 2.45) is 4.99 Å². The SMILES string of the molecule is CCNC(=NCc1ccsc1)NCCOc1cccnc1. The van der Waals surface area contributed by atoms with Gasteiger partial charge in [-0.2, -0.15) is 11.3 Å². The van der Waals surface area contributed by atoms with Gasteiger partial charge >= 0.3 is 0 Å². The lowest BCUT2D eigenvalue weighted by atomic mass is 10.3. The maximum Gasteiger partial charge on any atom is 0.191 e. The molecule has 2 N–H and O–H groups in total. The molecule has 6 heteroatoms. The molecule has 2 aromatic rings. The van der Waals surface area contributed by atoms with Crippen LogP contribution in [-0.2, 0) is 6.54 Å². The molecule has 112 valence electrons. The summed E-state index contributed by atoms with van der Waals surface area (Å²) in [5.41, 5.74) is 1.23. The van der Waals surface area contributed by atoms with E-state index >= 15 is 0 Å².